The van der Waals surface area contributed by atoms with E-state index in [9.17, 15) is 14.4 Å². The van der Waals surface area contributed by atoms with Crippen LogP contribution in [0.5, 0.6) is 0 Å². The molecule has 40 heavy (non-hydrogen) atoms. The molecule has 0 spiro atoms. The summed E-state index contributed by atoms with van der Waals surface area (Å²) in [6.45, 7) is 9.63. The van der Waals surface area contributed by atoms with Crippen molar-refractivity contribution in [1.82, 2.24) is 9.13 Å². The van der Waals surface area contributed by atoms with Gasteiger partial charge in [-0.2, -0.15) is 0 Å². The first kappa shape index (κ1) is 27.5. The summed E-state index contributed by atoms with van der Waals surface area (Å²) in [6.07, 6.45) is 1.87. The van der Waals surface area contributed by atoms with Crippen molar-refractivity contribution in [2.45, 2.75) is 40.7 Å². The van der Waals surface area contributed by atoms with E-state index in [-0.39, 0.29) is 18.1 Å². The molecule has 0 radical (unpaired) electrons. The second-order valence-corrected chi connectivity index (χ2v) is 11.4. The Morgan fingerprint density at radius 3 is 2.55 bits per heavy atom. The Labute approximate surface area is 239 Å². The first-order valence-corrected chi connectivity index (χ1v) is 14.5. The second kappa shape index (κ2) is 10.9. The molecule has 1 aliphatic heterocycles. The number of rotatable bonds is 6. The second-order valence-electron chi connectivity index (χ2n) is 9.42. The van der Waals surface area contributed by atoms with Crippen LogP contribution in [0.1, 0.15) is 57.6 Å². The first-order valence-electron chi connectivity index (χ1n) is 12.8. The summed E-state index contributed by atoms with van der Waals surface area (Å²) >= 11 is 2.78. The Hall–Kier alpha value is -4.02. The minimum absolute atomic E-state index is 0.217. The van der Waals surface area contributed by atoms with Gasteiger partial charge in [0.05, 0.1) is 35.1 Å². The third-order valence-corrected chi connectivity index (χ3v) is 8.95. The van der Waals surface area contributed by atoms with Gasteiger partial charge in [0.1, 0.15) is 6.04 Å². The lowest BCUT2D eigenvalue weighted by Gasteiger charge is -2.23. The predicted molar refractivity (Wildman–Crippen MR) is 156 cm³/mol. The highest BCUT2D eigenvalue weighted by atomic mass is 32.1. The number of esters is 2. The van der Waals surface area contributed by atoms with Gasteiger partial charge in [-0.25, -0.2) is 14.6 Å². The molecule has 0 N–H and O–H groups in total. The van der Waals surface area contributed by atoms with Crippen molar-refractivity contribution < 1.29 is 19.1 Å². The molecule has 206 valence electrons. The molecule has 4 heterocycles. The largest absolute Gasteiger partial charge is 0.465 e. The number of methoxy groups -OCH3 is 1. The van der Waals surface area contributed by atoms with Crippen molar-refractivity contribution >= 4 is 40.7 Å². The molecule has 1 aliphatic rings. The summed E-state index contributed by atoms with van der Waals surface area (Å²) in [5.41, 5.74) is 5.64. The van der Waals surface area contributed by atoms with Crippen LogP contribution < -0.4 is 14.9 Å². The van der Waals surface area contributed by atoms with Crippen LogP contribution in [0, 0.1) is 20.8 Å². The van der Waals surface area contributed by atoms with Crippen LogP contribution in [0.2, 0.25) is 0 Å². The van der Waals surface area contributed by atoms with Crippen LogP contribution in [0.4, 0.5) is 0 Å². The van der Waals surface area contributed by atoms with Gasteiger partial charge in [-0.05, 0) is 81.5 Å². The SMILES string of the molecule is CCOC(=O)C1=C(C)N=c2s/c(=C\c3cc(C)n(-c4cccc(C(=O)OC)c4C)c3C)c(=O)n2C1c1cccs1. The highest BCUT2D eigenvalue weighted by Crippen LogP contribution is 2.33. The smallest absolute Gasteiger partial charge is 0.338 e. The van der Waals surface area contributed by atoms with Gasteiger partial charge in [-0.1, -0.05) is 23.5 Å². The number of fused-ring (bicyclic) bond motifs is 1. The normalized spacial score (nSPS) is 15.2. The third kappa shape index (κ3) is 4.56. The number of aryl methyl sites for hydroxylation is 1. The van der Waals surface area contributed by atoms with Gasteiger partial charge >= 0.3 is 11.9 Å². The molecular weight excluding hydrogens is 546 g/mol. The van der Waals surface area contributed by atoms with Crippen molar-refractivity contribution in [2.24, 2.45) is 4.99 Å². The number of hydrogen-bond donors (Lipinski definition) is 0. The van der Waals surface area contributed by atoms with Gasteiger partial charge in [0.15, 0.2) is 4.80 Å². The molecule has 5 rings (SSSR count). The molecule has 3 aromatic heterocycles. The number of thiophene rings is 1. The van der Waals surface area contributed by atoms with Crippen molar-refractivity contribution in [3.05, 3.63) is 106 Å². The Morgan fingerprint density at radius 1 is 1.10 bits per heavy atom. The van der Waals surface area contributed by atoms with Crippen LogP contribution in [0.25, 0.3) is 11.8 Å². The maximum absolute atomic E-state index is 13.9. The van der Waals surface area contributed by atoms with E-state index in [0.717, 1.165) is 33.1 Å². The predicted octanol–water partition coefficient (Wildman–Crippen LogP) is 4.36. The zero-order chi connectivity index (χ0) is 28.7. The lowest BCUT2D eigenvalue weighted by atomic mass is 10.0. The number of carbonyl (C=O) groups is 2. The standard InChI is InChI=1S/C30H29N3O5S2/c1-7-38-29(36)25-18(4)31-30-33(26(25)23-12-9-13-39-23)27(34)24(40-30)15-20-14-16(2)32(19(20)5)22-11-8-10-21(17(22)3)28(35)37-6/h8-15,26H,7H2,1-6H3/b24-15-. The summed E-state index contributed by atoms with van der Waals surface area (Å²) < 4.78 is 14.5. The van der Waals surface area contributed by atoms with E-state index in [1.807, 2.05) is 62.6 Å². The number of benzene rings is 1. The molecule has 0 saturated heterocycles. The maximum Gasteiger partial charge on any atom is 0.338 e. The number of ether oxygens (including phenoxy) is 2. The van der Waals surface area contributed by atoms with Crippen molar-refractivity contribution in [3.8, 4) is 5.69 Å². The molecule has 1 unspecified atom stereocenters. The third-order valence-electron chi connectivity index (χ3n) is 7.04. The summed E-state index contributed by atoms with van der Waals surface area (Å²) in [4.78, 5) is 45.2. The van der Waals surface area contributed by atoms with E-state index in [0.29, 0.717) is 26.2 Å². The summed E-state index contributed by atoms with van der Waals surface area (Å²) in [5, 5.41) is 1.93. The lowest BCUT2D eigenvalue weighted by molar-refractivity contribution is -0.139. The Balaban J connectivity index is 1.67. The minimum Gasteiger partial charge on any atom is -0.465 e. The van der Waals surface area contributed by atoms with Crippen LogP contribution in [-0.2, 0) is 14.3 Å². The molecule has 0 bridgehead atoms. The van der Waals surface area contributed by atoms with Crippen molar-refractivity contribution in [2.75, 3.05) is 13.7 Å². The van der Waals surface area contributed by atoms with Gasteiger partial charge in [-0.15, -0.1) is 11.3 Å². The van der Waals surface area contributed by atoms with Gasteiger partial charge in [0.25, 0.3) is 5.56 Å². The zero-order valence-electron chi connectivity index (χ0n) is 23.1. The van der Waals surface area contributed by atoms with E-state index < -0.39 is 12.0 Å². The average Bonchev–Trinajstić information content (AvgIpc) is 3.63. The molecule has 10 heteroatoms. The average molecular weight is 576 g/mol. The molecule has 1 aromatic carbocycles. The molecule has 0 aliphatic carbocycles. The summed E-state index contributed by atoms with van der Waals surface area (Å²) in [5.74, 6) is -0.856. The maximum atomic E-state index is 13.9. The quantitative estimate of drug-likeness (QED) is 0.319. The van der Waals surface area contributed by atoms with Crippen LogP contribution >= 0.6 is 22.7 Å². The van der Waals surface area contributed by atoms with Crippen molar-refractivity contribution in [1.29, 1.82) is 0 Å². The number of carbonyl (C=O) groups excluding carboxylic acids is 2. The minimum atomic E-state index is -0.603. The molecular formula is C30H29N3O5S2. The fraction of sp³-hybridized carbons (Fsp3) is 0.267. The fourth-order valence-electron chi connectivity index (χ4n) is 5.15. The molecule has 1 atom stereocenters. The Morgan fingerprint density at radius 2 is 1.88 bits per heavy atom. The first-order chi connectivity index (χ1) is 19.2. The Bertz CT molecular complexity index is 1860. The Kier molecular flexibility index (Phi) is 7.48. The molecule has 0 fully saturated rings. The molecule has 0 saturated carbocycles. The van der Waals surface area contributed by atoms with E-state index in [4.69, 9.17) is 9.47 Å². The van der Waals surface area contributed by atoms with Crippen LogP contribution in [0.3, 0.4) is 0 Å². The monoisotopic (exact) mass is 575 g/mol. The molecule has 8 nitrogen and oxygen atoms in total. The summed E-state index contributed by atoms with van der Waals surface area (Å²) in [7, 11) is 1.37. The van der Waals surface area contributed by atoms with Gasteiger partial charge in [0, 0.05) is 22.0 Å². The highest BCUT2D eigenvalue weighted by molar-refractivity contribution is 7.10. The van der Waals surface area contributed by atoms with Gasteiger partial charge in [0.2, 0.25) is 0 Å². The van der Waals surface area contributed by atoms with Gasteiger partial charge in [-0.3, -0.25) is 9.36 Å². The van der Waals surface area contributed by atoms with E-state index in [1.54, 1.807) is 24.5 Å². The van der Waals surface area contributed by atoms with E-state index >= 15 is 0 Å². The topological polar surface area (TPSA) is 91.9 Å². The van der Waals surface area contributed by atoms with Gasteiger partial charge < -0.3 is 14.0 Å². The van der Waals surface area contributed by atoms with E-state index in [2.05, 4.69) is 9.56 Å². The van der Waals surface area contributed by atoms with Crippen LogP contribution in [0.15, 0.2) is 62.8 Å². The molecule has 0 amide bonds. The number of thiazole rings is 1. The molecule has 4 aromatic rings. The zero-order valence-corrected chi connectivity index (χ0v) is 24.7. The van der Waals surface area contributed by atoms with Crippen molar-refractivity contribution in [3.63, 3.8) is 0 Å². The van der Waals surface area contributed by atoms with Crippen LogP contribution in [-0.4, -0.2) is 34.8 Å². The number of allylic oxidation sites excluding steroid dienone is 1. The van der Waals surface area contributed by atoms with E-state index in [1.165, 1.54) is 29.8 Å². The number of hydrogen-bond acceptors (Lipinski definition) is 8. The fourth-order valence-corrected chi connectivity index (χ4v) is 7.01. The number of aromatic nitrogens is 2. The highest BCUT2D eigenvalue weighted by Gasteiger charge is 2.34. The number of nitrogens with zero attached hydrogens (tertiary/aromatic N) is 3. The lowest BCUT2D eigenvalue weighted by Crippen LogP contribution is -2.39. The summed E-state index contributed by atoms with van der Waals surface area (Å²) in [6, 6.07) is 10.8.